The molecule has 20 heavy (non-hydrogen) atoms. The Morgan fingerprint density at radius 2 is 2.05 bits per heavy atom. The van der Waals surface area contributed by atoms with Crippen LogP contribution in [-0.2, 0) is 4.79 Å². The quantitative estimate of drug-likeness (QED) is 0.639. The summed E-state index contributed by atoms with van der Waals surface area (Å²) in [5.74, 6) is -1.74. The lowest BCUT2D eigenvalue weighted by molar-refractivity contribution is -0.124. The summed E-state index contributed by atoms with van der Waals surface area (Å²) in [7, 11) is 0. The normalized spacial score (nSPS) is 18.5. The van der Waals surface area contributed by atoms with Gasteiger partial charge in [0, 0.05) is 12.2 Å². The number of nitrogens with one attached hydrogen (secondary N) is 3. The van der Waals surface area contributed by atoms with Crippen molar-refractivity contribution in [3.63, 3.8) is 0 Å². The monoisotopic (exact) mass is 279 g/mol. The summed E-state index contributed by atoms with van der Waals surface area (Å²) >= 11 is 0. The van der Waals surface area contributed by atoms with E-state index in [0.717, 1.165) is 6.42 Å². The van der Waals surface area contributed by atoms with Crippen LogP contribution < -0.4 is 10.6 Å². The Labute approximate surface area is 115 Å². The Bertz CT molecular complexity index is 576. The number of rotatable bonds is 3. The fraction of sp³-hybridized carbons (Fsp3) is 0.462. The lowest BCUT2D eigenvalue weighted by Crippen LogP contribution is -2.50. The fourth-order valence-corrected chi connectivity index (χ4v) is 2.44. The van der Waals surface area contributed by atoms with E-state index in [9.17, 15) is 14.4 Å². The molecule has 2 amide bonds. The van der Waals surface area contributed by atoms with Gasteiger partial charge in [0.25, 0.3) is 5.91 Å². The standard InChI is InChI=1S/C13H17N3O4/c1-6-9(7(2)15-10(6)13(19)20)12(18)16-8-4-3-5-14-11(8)17/h8,15H,3-5H2,1-2H3,(H,14,17)(H,16,18)(H,19,20). The van der Waals surface area contributed by atoms with E-state index in [2.05, 4.69) is 15.6 Å². The van der Waals surface area contributed by atoms with Gasteiger partial charge < -0.3 is 20.7 Å². The molecule has 0 aliphatic carbocycles. The molecule has 1 aromatic heterocycles. The van der Waals surface area contributed by atoms with E-state index < -0.39 is 17.9 Å². The van der Waals surface area contributed by atoms with Crippen molar-refractivity contribution in [2.75, 3.05) is 6.54 Å². The summed E-state index contributed by atoms with van der Waals surface area (Å²) in [6, 6.07) is -0.557. The first-order valence-corrected chi connectivity index (χ1v) is 6.43. The molecule has 1 fully saturated rings. The maximum atomic E-state index is 12.2. The Hall–Kier alpha value is -2.31. The van der Waals surface area contributed by atoms with Crippen molar-refractivity contribution in [2.45, 2.75) is 32.7 Å². The van der Waals surface area contributed by atoms with Gasteiger partial charge in [-0.2, -0.15) is 0 Å². The van der Waals surface area contributed by atoms with Gasteiger partial charge in [-0.1, -0.05) is 0 Å². The molecule has 1 aromatic rings. The zero-order valence-electron chi connectivity index (χ0n) is 11.4. The molecule has 7 heteroatoms. The molecular formula is C13H17N3O4. The summed E-state index contributed by atoms with van der Waals surface area (Å²) in [4.78, 5) is 37.6. The van der Waals surface area contributed by atoms with Crippen molar-refractivity contribution in [2.24, 2.45) is 0 Å². The number of carboxylic acids is 1. The smallest absolute Gasteiger partial charge is 0.352 e. The number of carboxylic acid groups (broad SMARTS) is 1. The molecule has 1 unspecified atom stereocenters. The highest BCUT2D eigenvalue weighted by Gasteiger charge is 2.27. The second-order valence-electron chi connectivity index (χ2n) is 4.89. The van der Waals surface area contributed by atoms with Crippen molar-refractivity contribution in [1.82, 2.24) is 15.6 Å². The highest BCUT2D eigenvalue weighted by Crippen LogP contribution is 2.18. The van der Waals surface area contributed by atoms with Crippen LogP contribution in [0.1, 0.15) is 44.9 Å². The highest BCUT2D eigenvalue weighted by molar-refractivity contribution is 6.02. The third kappa shape index (κ3) is 2.52. The minimum Gasteiger partial charge on any atom is -0.477 e. The van der Waals surface area contributed by atoms with Gasteiger partial charge in [-0.05, 0) is 32.3 Å². The molecule has 0 spiro atoms. The average molecular weight is 279 g/mol. The molecule has 7 nitrogen and oxygen atoms in total. The molecule has 1 atom stereocenters. The molecule has 1 saturated heterocycles. The predicted octanol–water partition coefficient (Wildman–Crippen LogP) is 0.338. The van der Waals surface area contributed by atoms with E-state index in [0.29, 0.717) is 29.8 Å². The molecule has 4 N–H and O–H groups in total. The topological polar surface area (TPSA) is 111 Å². The number of aromatic nitrogens is 1. The van der Waals surface area contributed by atoms with E-state index in [1.54, 1.807) is 13.8 Å². The summed E-state index contributed by atoms with van der Waals surface area (Å²) in [6.07, 6.45) is 1.40. The lowest BCUT2D eigenvalue weighted by atomic mass is 10.0. The molecule has 0 aromatic carbocycles. The van der Waals surface area contributed by atoms with Crippen LogP contribution >= 0.6 is 0 Å². The van der Waals surface area contributed by atoms with Crippen LogP contribution in [0.4, 0.5) is 0 Å². The van der Waals surface area contributed by atoms with Crippen molar-refractivity contribution in [1.29, 1.82) is 0 Å². The molecule has 0 saturated carbocycles. The number of carbonyl (C=O) groups is 3. The molecule has 1 aliphatic heterocycles. The van der Waals surface area contributed by atoms with Crippen LogP contribution in [0.25, 0.3) is 0 Å². The van der Waals surface area contributed by atoms with Crippen LogP contribution in [0, 0.1) is 13.8 Å². The van der Waals surface area contributed by atoms with Gasteiger partial charge in [-0.25, -0.2) is 4.79 Å². The Kier molecular flexibility index (Phi) is 3.78. The number of piperidine rings is 1. The zero-order valence-corrected chi connectivity index (χ0v) is 11.4. The summed E-state index contributed by atoms with van der Waals surface area (Å²) in [6.45, 7) is 3.83. The van der Waals surface area contributed by atoms with Crippen molar-refractivity contribution >= 4 is 17.8 Å². The third-order valence-electron chi connectivity index (χ3n) is 3.47. The maximum absolute atomic E-state index is 12.2. The van der Waals surface area contributed by atoms with Gasteiger partial charge in [-0.15, -0.1) is 0 Å². The molecule has 2 heterocycles. The molecule has 2 rings (SSSR count). The number of aryl methyl sites for hydroxylation is 1. The number of carbonyl (C=O) groups excluding carboxylic acids is 2. The average Bonchev–Trinajstić information content (AvgIpc) is 2.68. The minimum absolute atomic E-state index is 0.000690. The molecule has 1 aliphatic rings. The van der Waals surface area contributed by atoms with Gasteiger partial charge in [0.1, 0.15) is 11.7 Å². The van der Waals surface area contributed by atoms with Crippen molar-refractivity contribution in [3.05, 3.63) is 22.5 Å². The summed E-state index contributed by atoms with van der Waals surface area (Å²) in [5, 5.41) is 14.4. The number of H-pyrrole nitrogens is 1. The van der Waals surface area contributed by atoms with E-state index in [-0.39, 0.29) is 11.6 Å². The van der Waals surface area contributed by atoms with Crippen LogP contribution in [0.15, 0.2) is 0 Å². The van der Waals surface area contributed by atoms with Crippen LogP contribution in [-0.4, -0.2) is 40.5 Å². The minimum atomic E-state index is -1.11. The van der Waals surface area contributed by atoms with Gasteiger partial charge in [0.2, 0.25) is 5.91 Å². The second kappa shape index (κ2) is 5.36. The largest absolute Gasteiger partial charge is 0.477 e. The van der Waals surface area contributed by atoms with Crippen LogP contribution in [0.2, 0.25) is 0 Å². The molecular weight excluding hydrogens is 262 g/mol. The zero-order chi connectivity index (χ0) is 14.9. The first-order valence-electron chi connectivity index (χ1n) is 6.43. The lowest BCUT2D eigenvalue weighted by Gasteiger charge is -2.22. The number of aromatic amines is 1. The third-order valence-corrected chi connectivity index (χ3v) is 3.47. The Balaban J connectivity index is 2.21. The second-order valence-corrected chi connectivity index (χ2v) is 4.89. The van der Waals surface area contributed by atoms with Crippen LogP contribution in [0.5, 0.6) is 0 Å². The highest BCUT2D eigenvalue weighted by atomic mass is 16.4. The first kappa shape index (κ1) is 14.1. The number of hydrogen-bond acceptors (Lipinski definition) is 3. The van der Waals surface area contributed by atoms with Crippen molar-refractivity contribution in [3.8, 4) is 0 Å². The molecule has 108 valence electrons. The van der Waals surface area contributed by atoms with E-state index in [4.69, 9.17) is 5.11 Å². The van der Waals surface area contributed by atoms with Crippen molar-refractivity contribution < 1.29 is 19.5 Å². The fourth-order valence-electron chi connectivity index (χ4n) is 2.44. The van der Waals surface area contributed by atoms with Gasteiger partial charge >= 0.3 is 5.97 Å². The van der Waals surface area contributed by atoms with E-state index >= 15 is 0 Å². The Morgan fingerprint density at radius 3 is 2.60 bits per heavy atom. The summed E-state index contributed by atoms with van der Waals surface area (Å²) < 4.78 is 0. The molecule has 0 bridgehead atoms. The van der Waals surface area contributed by atoms with E-state index in [1.807, 2.05) is 0 Å². The first-order chi connectivity index (χ1) is 9.41. The van der Waals surface area contributed by atoms with Gasteiger partial charge in [-0.3, -0.25) is 9.59 Å². The number of amides is 2. The summed E-state index contributed by atoms with van der Waals surface area (Å²) in [5.41, 5.74) is 1.15. The van der Waals surface area contributed by atoms with Gasteiger partial charge in [0.05, 0.1) is 5.56 Å². The van der Waals surface area contributed by atoms with E-state index in [1.165, 1.54) is 0 Å². The SMILES string of the molecule is Cc1[nH]c(C(=O)O)c(C)c1C(=O)NC1CCCNC1=O. The predicted molar refractivity (Wildman–Crippen MR) is 70.7 cm³/mol. The maximum Gasteiger partial charge on any atom is 0.352 e. The number of hydrogen-bond donors (Lipinski definition) is 4. The van der Waals surface area contributed by atoms with Gasteiger partial charge in [0.15, 0.2) is 0 Å². The number of aromatic carboxylic acids is 1. The van der Waals surface area contributed by atoms with Crippen LogP contribution in [0.3, 0.4) is 0 Å². The Morgan fingerprint density at radius 1 is 1.35 bits per heavy atom. The molecule has 0 radical (unpaired) electrons.